The molecule has 0 aliphatic heterocycles. The lowest BCUT2D eigenvalue weighted by molar-refractivity contribution is 0.387. The molecule has 0 bridgehead atoms. The predicted molar refractivity (Wildman–Crippen MR) is 95.5 cm³/mol. The van der Waals surface area contributed by atoms with E-state index in [1.807, 2.05) is 37.3 Å². The van der Waals surface area contributed by atoms with Crippen molar-refractivity contribution in [2.75, 3.05) is 18.9 Å². The van der Waals surface area contributed by atoms with E-state index in [0.717, 1.165) is 37.4 Å². The van der Waals surface area contributed by atoms with Gasteiger partial charge in [0.25, 0.3) is 0 Å². The number of nitrogens with one attached hydrogen (secondary N) is 1. The standard InChI is InChI=1S/C16H15BrN2O3S/c1-9-6-11-13(8-12(9)17)22-18-16(11)19-23-15-5-4-10(20-2)7-14(15)21-3/h4-8H,1-3H3,(H,18,19). The number of aromatic nitrogens is 1. The Balaban J connectivity index is 1.85. The molecule has 3 aromatic rings. The minimum absolute atomic E-state index is 0.679. The lowest BCUT2D eigenvalue weighted by atomic mass is 10.2. The van der Waals surface area contributed by atoms with Crippen molar-refractivity contribution in [3.05, 3.63) is 40.4 Å². The van der Waals surface area contributed by atoms with E-state index in [0.29, 0.717) is 5.82 Å². The molecule has 0 saturated heterocycles. The SMILES string of the molecule is COc1ccc(SNc2noc3cc(Br)c(C)cc23)c(OC)c1. The molecule has 0 spiro atoms. The summed E-state index contributed by atoms with van der Waals surface area (Å²) in [6, 6.07) is 9.60. The fourth-order valence-corrected chi connectivity index (χ4v) is 3.16. The van der Waals surface area contributed by atoms with Gasteiger partial charge in [-0.25, -0.2) is 0 Å². The Morgan fingerprint density at radius 1 is 1.17 bits per heavy atom. The zero-order valence-corrected chi connectivity index (χ0v) is 15.2. The highest BCUT2D eigenvalue weighted by Crippen LogP contribution is 2.35. The van der Waals surface area contributed by atoms with E-state index in [1.54, 1.807) is 14.2 Å². The lowest BCUT2D eigenvalue weighted by Gasteiger charge is -2.10. The molecule has 0 aliphatic carbocycles. The monoisotopic (exact) mass is 394 g/mol. The van der Waals surface area contributed by atoms with Gasteiger partial charge in [-0.3, -0.25) is 0 Å². The second-order valence-electron chi connectivity index (χ2n) is 4.85. The van der Waals surface area contributed by atoms with Crippen molar-refractivity contribution in [2.24, 2.45) is 0 Å². The number of ether oxygens (including phenoxy) is 2. The number of methoxy groups -OCH3 is 2. The molecule has 0 unspecified atom stereocenters. The van der Waals surface area contributed by atoms with Gasteiger partial charge in [0.05, 0.1) is 24.5 Å². The highest BCUT2D eigenvalue weighted by molar-refractivity contribution is 9.10. The molecule has 0 amide bonds. The van der Waals surface area contributed by atoms with E-state index in [1.165, 1.54) is 11.9 Å². The average molecular weight is 395 g/mol. The Labute approximate surface area is 146 Å². The molecule has 1 aromatic heterocycles. The van der Waals surface area contributed by atoms with E-state index in [-0.39, 0.29) is 0 Å². The molecular weight excluding hydrogens is 380 g/mol. The molecule has 7 heteroatoms. The van der Waals surface area contributed by atoms with Crippen LogP contribution in [0.4, 0.5) is 5.82 Å². The Morgan fingerprint density at radius 2 is 2.00 bits per heavy atom. The van der Waals surface area contributed by atoms with E-state index in [9.17, 15) is 0 Å². The number of aryl methyl sites for hydroxylation is 1. The predicted octanol–water partition coefficient (Wildman–Crippen LogP) is 5.04. The highest BCUT2D eigenvalue weighted by atomic mass is 79.9. The summed E-state index contributed by atoms with van der Waals surface area (Å²) < 4.78 is 20.2. The second-order valence-corrected chi connectivity index (χ2v) is 6.55. The first kappa shape index (κ1) is 16.0. The number of fused-ring (bicyclic) bond motifs is 1. The Morgan fingerprint density at radius 3 is 2.74 bits per heavy atom. The van der Waals surface area contributed by atoms with E-state index in [2.05, 4.69) is 25.8 Å². The largest absolute Gasteiger partial charge is 0.497 e. The molecule has 120 valence electrons. The van der Waals surface area contributed by atoms with Crippen molar-refractivity contribution in [3.63, 3.8) is 0 Å². The van der Waals surface area contributed by atoms with E-state index >= 15 is 0 Å². The third kappa shape index (κ3) is 3.25. The van der Waals surface area contributed by atoms with Crippen LogP contribution in [0.2, 0.25) is 0 Å². The highest BCUT2D eigenvalue weighted by Gasteiger charge is 2.12. The summed E-state index contributed by atoms with van der Waals surface area (Å²) in [5, 5.41) is 5.02. The van der Waals surface area contributed by atoms with Crippen molar-refractivity contribution in [1.82, 2.24) is 5.16 Å². The number of rotatable bonds is 5. The van der Waals surface area contributed by atoms with Crippen LogP contribution in [0.3, 0.4) is 0 Å². The molecule has 0 saturated carbocycles. The number of hydrogen-bond acceptors (Lipinski definition) is 6. The number of hydrogen-bond donors (Lipinski definition) is 1. The van der Waals surface area contributed by atoms with Gasteiger partial charge in [0.2, 0.25) is 0 Å². The minimum atomic E-state index is 0.679. The topological polar surface area (TPSA) is 56.5 Å². The maximum atomic E-state index is 5.39. The number of nitrogens with zero attached hydrogens (tertiary/aromatic N) is 1. The van der Waals surface area contributed by atoms with Gasteiger partial charge in [-0.15, -0.1) is 0 Å². The maximum absolute atomic E-state index is 5.39. The number of anilines is 1. The molecule has 23 heavy (non-hydrogen) atoms. The summed E-state index contributed by atoms with van der Waals surface area (Å²) in [6.45, 7) is 2.03. The van der Waals surface area contributed by atoms with Crippen LogP contribution in [0.25, 0.3) is 11.0 Å². The van der Waals surface area contributed by atoms with Crippen molar-refractivity contribution in [2.45, 2.75) is 11.8 Å². The van der Waals surface area contributed by atoms with Gasteiger partial charge in [-0.05, 0) is 48.7 Å². The number of halogens is 1. The van der Waals surface area contributed by atoms with Gasteiger partial charge in [-0.2, -0.15) is 0 Å². The van der Waals surface area contributed by atoms with Gasteiger partial charge < -0.3 is 18.7 Å². The minimum Gasteiger partial charge on any atom is -0.497 e. The summed E-state index contributed by atoms with van der Waals surface area (Å²) in [5.41, 5.74) is 1.85. The zero-order valence-electron chi connectivity index (χ0n) is 12.8. The van der Waals surface area contributed by atoms with Crippen molar-refractivity contribution >= 4 is 44.7 Å². The Bertz CT molecular complexity index is 851. The van der Waals surface area contributed by atoms with Crippen molar-refractivity contribution in [3.8, 4) is 11.5 Å². The molecule has 2 aromatic carbocycles. The van der Waals surface area contributed by atoms with Gasteiger partial charge >= 0.3 is 0 Å². The van der Waals surface area contributed by atoms with E-state index in [4.69, 9.17) is 14.0 Å². The molecule has 3 rings (SSSR count). The smallest absolute Gasteiger partial charge is 0.187 e. The summed E-state index contributed by atoms with van der Waals surface area (Å²) in [6.07, 6.45) is 0. The van der Waals surface area contributed by atoms with Crippen LogP contribution >= 0.6 is 27.9 Å². The fourth-order valence-electron chi connectivity index (χ4n) is 2.10. The van der Waals surface area contributed by atoms with Crippen LogP contribution in [-0.2, 0) is 0 Å². The summed E-state index contributed by atoms with van der Waals surface area (Å²) in [4.78, 5) is 0.929. The van der Waals surface area contributed by atoms with E-state index < -0.39 is 0 Å². The molecule has 0 atom stereocenters. The molecular formula is C16H15BrN2O3S. The summed E-state index contributed by atoms with van der Waals surface area (Å²) >= 11 is 4.90. The van der Waals surface area contributed by atoms with Crippen LogP contribution in [0.15, 0.2) is 44.2 Å². The molecule has 5 nitrogen and oxygen atoms in total. The quantitative estimate of drug-likeness (QED) is 0.612. The Hall–Kier alpha value is -1.86. The molecule has 0 fully saturated rings. The molecule has 1 heterocycles. The van der Waals surface area contributed by atoms with Gasteiger partial charge in [0, 0.05) is 10.5 Å². The molecule has 1 N–H and O–H groups in total. The van der Waals surface area contributed by atoms with Crippen molar-refractivity contribution < 1.29 is 14.0 Å². The van der Waals surface area contributed by atoms with Crippen LogP contribution in [0.5, 0.6) is 11.5 Å². The van der Waals surface area contributed by atoms with Crippen LogP contribution in [-0.4, -0.2) is 19.4 Å². The summed E-state index contributed by atoms with van der Waals surface area (Å²) in [5.74, 6) is 2.16. The first-order chi connectivity index (χ1) is 11.1. The van der Waals surface area contributed by atoms with Gasteiger partial charge in [0.1, 0.15) is 11.5 Å². The van der Waals surface area contributed by atoms with Crippen LogP contribution < -0.4 is 14.2 Å². The first-order valence-corrected chi connectivity index (χ1v) is 8.43. The molecule has 0 aliphatic rings. The third-order valence-corrected chi connectivity index (χ3v) is 5.09. The second kappa shape index (κ2) is 6.72. The van der Waals surface area contributed by atoms with Gasteiger partial charge in [-0.1, -0.05) is 21.1 Å². The van der Waals surface area contributed by atoms with Crippen molar-refractivity contribution in [1.29, 1.82) is 0 Å². The normalized spacial score (nSPS) is 10.8. The van der Waals surface area contributed by atoms with Crippen LogP contribution in [0, 0.1) is 6.92 Å². The third-order valence-electron chi connectivity index (χ3n) is 3.38. The molecule has 0 radical (unpaired) electrons. The van der Waals surface area contributed by atoms with Gasteiger partial charge in [0.15, 0.2) is 11.4 Å². The maximum Gasteiger partial charge on any atom is 0.187 e. The first-order valence-electron chi connectivity index (χ1n) is 6.83. The zero-order chi connectivity index (χ0) is 16.4. The summed E-state index contributed by atoms with van der Waals surface area (Å²) in [7, 11) is 3.26. The lowest BCUT2D eigenvalue weighted by Crippen LogP contribution is -1.92. The number of benzene rings is 2. The fraction of sp³-hybridized carbons (Fsp3) is 0.188. The average Bonchev–Trinajstić information content (AvgIpc) is 2.95. The van der Waals surface area contributed by atoms with Crippen LogP contribution in [0.1, 0.15) is 5.56 Å². The Kier molecular flexibility index (Phi) is 4.68.